The van der Waals surface area contributed by atoms with E-state index >= 15 is 0 Å². The summed E-state index contributed by atoms with van der Waals surface area (Å²) in [6.07, 6.45) is 1.54. The Morgan fingerprint density at radius 3 is 2.42 bits per heavy atom. The van der Waals surface area contributed by atoms with Crippen LogP contribution in [0.25, 0.3) is 0 Å². The lowest BCUT2D eigenvalue weighted by Crippen LogP contribution is -2.27. The topological polar surface area (TPSA) is 29.1 Å². The zero-order valence-electron chi connectivity index (χ0n) is 8.18. The van der Waals surface area contributed by atoms with Gasteiger partial charge >= 0.3 is 0 Å². The lowest BCUT2D eigenvalue weighted by Gasteiger charge is -2.17. The quantitative estimate of drug-likeness (QED) is 0.649. The van der Waals surface area contributed by atoms with Crippen molar-refractivity contribution < 1.29 is 4.79 Å². The predicted octanol–water partition coefficient (Wildman–Crippen LogP) is 1.86. The Hall–Kier alpha value is -0.180. The van der Waals surface area contributed by atoms with Crippen molar-refractivity contribution in [3.05, 3.63) is 0 Å². The van der Waals surface area contributed by atoms with Crippen LogP contribution in [0, 0.1) is 5.41 Å². The van der Waals surface area contributed by atoms with Crippen LogP contribution in [0.3, 0.4) is 0 Å². The van der Waals surface area contributed by atoms with Crippen molar-refractivity contribution in [1.82, 2.24) is 5.32 Å². The van der Waals surface area contributed by atoms with Gasteiger partial charge in [-0.2, -0.15) is 12.6 Å². The Kier molecular flexibility index (Phi) is 5.38. The second-order valence-corrected chi connectivity index (χ2v) is 4.58. The maximum Gasteiger partial charge on any atom is 0.220 e. The fourth-order valence-electron chi connectivity index (χ4n) is 0.767. The van der Waals surface area contributed by atoms with Gasteiger partial charge in [0.25, 0.3) is 0 Å². The molecule has 0 aromatic rings. The van der Waals surface area contributed by atoms with Gasteiger partial charge in [0.1, 0.15) is 0 Å². The fourth-order valence-corrected chi connectivity index (χ4v) is 0.970. The van der Waals surface area contributed by atoms with E-state index in [2.05, 4.69) is 38.7 Å². The second-order valence-electron chi connectivity index (χ2n) is 4.13. The van der Waals surface area contributed by atoms with Gasteiger partial charge in [-0.3, -0.25) is 4.79 Å². The first kappa shape index (κ1) is 11.8. The largest absolute Gasteiger partial charge is 0.356 e. The highest BCUT2D eigenvalue weighted by atomic mass is 32.1. The third-order valence-electron chi connectivity index (χ3n) is 1.54. The summed E-state index contributed by atoms with van der Waals surface area (Å²) in [6, 6.07) is 0. The van der Waals surface area contributed by atoms with Crippen LogP contribution in [0.5, 0.6) is 0 Å². The summed E-state index contributed by atoms with van der Waals surface area (Å²) >= 11 is 3.98. The van der Waals surface area contributed by atoms with Crippen LogP contribution in [0.2, 0.25) is 0 Å². The van der Waals surface area contributed by atoms with Crippen LogP contribution < -0.4 is 5.32 Å². The number of carbonyl (C=O) groups excluding carboxylic acids is 1. The number of nitrogens with one attached hydrogen (secondary N) is 1. The van der Waals surface area contributed by atoms with E-state index in [-0.39, 0.29) is 5.91 Å². The molecule has 0 aromatic carbocycles. The lowest BCUT2D eigenvalue weighted by molar-refractivity contribution is -0.120. The molecule has 0 bridgehead atoms. The van der Waals surface area contributed by atoms with Crippen LogP contribution in [-0.2, 0) is 4.79 Å². The van der Waals surface area contributed by atoms with Crippen LogP contribution in [0.1, 0.15) is 33.6 Å². The summed E-state index contributed by atoms with van der Waals surface area (Å²) < 4.78 is 0. The number of rotatable bonds is 4. The van der Waals surface area contributed by atoms with Gasteiger partial charge in [0.15, 0.2) is 0 Å². The molecule has 0 unspecified atom stereocenters. The Labute approximate surface area is 80.5 Å². The van der Waals surface area contributed by atoms with Gasteiger partial charge in [-0.1, -0.05) is 20.8 Å². The molecule has 2 nitrogen and oxygen atoms in total. The molecule has 72 valence electrons. The van der Waals surface area contributed by atoms with Crippen LogP contribution in [0.15, 0.2) is 0 Å². The summed E-state index contributed by atoms with van der Waals surface area (Å²) in [5.41, 5.74) is 0.300. The maximum absolute atomic E-state index is 11.0. The number of carbonyl (C=O) groups is 1. The van der Waals surface area contributed by atoms with E-state index < -0.39 is 0 Å². The number of hydrogen-bond donors (Lipinski definition) is 2. The SMILES string of the molecule is CC(C)(C)CCNC(=O)CCS. The lowest BCUT2D eigenvalue weighted by atomic mass is 9.92. The molecule has 0 fully saturated rings. The molecule has 12 heavy (non-hydrogen) atoms. The monoisotopic (exact) mass is 189 g/mol. The van der Waals surface area contributed by atoms with Gasteiger partial charge in [-0.15, -0.1) is 0 Å². The molecule has 0 spiro atoms. The van der Waals surface area contributed by atoms with Gasteiger partial charge in [0.2, 0.25) is 5.91 Å². The molecule has 0 saturated heterocycles. The zero-order valence-corrected chi connectivity index (χ0v) is 9.08. The van der Waals surface area contributed by atoms with Gasteiger partial charge in [0.05, 0.1) is 0 Å². The molecule has 0 aliphatic carbocycles. The molecule has 0 aliphatic heterocycles. The van der Waals surface area contributed by atoms with Crippen molar-refractivity contribution in [1.29, 1.82) is 0 Å². The molecular weight excluding hydrogens is 170 g/mol. The molecule has 0 rings (SSSR count). The highest BCUT2D eigenvalue weighted by Gasteiger charge is 2.09. The summed E-state index contributed by atoms with van der Waals surface area (Å²) in [5, 5.41) is 2.85. The highest BCUT2D eigenvalue weighted by molar-refractivity contribution is 7.80. The molecule has 0 radical (unpaired) electrons. The van der Waals surface area contributed by atoms with Gasteiger partial charge in [-0.05, 0) is 17.6 Å². The highest BCUT2D eigenvalue weighted by Crippen LogP contribution is 2.16. The molecule has 0 aliphatic rings. The summed E-state index contributed by atoms with van der Waals surface area (Å²) in [5.74, 6) is 0.732. The number of hydrogen-bond acceptors (Lipinski definition) is 2. The zero-order chi connectivity index (χ0) is 9.61. The number of thiol groups is 1. The third-order valence-corrected chi connectivity index (χ3v) is 1.76. The number of amides is 1. The average Bonchev–Trinajstić information content (AvgIpc) is 1.84. The maximum atomic E-state index is 11.0. The first-order valence-electron chi connectivity index (χ1n) is 4.33. The minimum Gasteiger partial charge on any atom is -0.356 e. The molecule has 3 heteroatoms. The minimum absolute atomic E-state index is 0.106. The summed E-state index contributed by atoms with van der Waals surface area (Å²) in [6.45, 7) is 7.27. The first-order chi connectivity index (χ1) is 5.45. The smallest absolute Gasteiger partial charge is 0.220 e. The minimum atomic E-state index is 0.106. The molecular formula is C9H19NOS. The molecule has 1 N–H and O–H groups in total. The van der Waals surface area contributed by atoms with Crippen molar-refractivity contribution in [2.75, 3.05) is 12.3 Å². The first-order valence-corrected chi connectivity index (χ1v) is 4.96. The third kappa shape index (κ3) is 7.92. The van der Waals surface area contributed by atoms with Crippen molar-refractivity contribution in [2.45, 2.75) is 33.6 Å². The van der Waals surface area contributed by atoms with E-state index in [9.17, 15) is 4.79 Å². The van der Waals surface area contributed by atoms with E-state index in [0.29, 0.717) is 17.6 Å². The molecule has 0 aromatic heterocycles. The molecule has 0 heterocycles. The van der Waals surface area contributed by atoms with Crippen molar-refractivity contribution in [2.24, 2.45) is 5.41 Å². The summed E-state index contributed by atoms with van der Waals surface area (Å²) in [4.78, 5) is 11.0. The normalized spacial score (nSPS) is 11.3. The Balaban J connectivity index is 3.37. The Morgan fingerprint density at radius 2 is 2.00 bits per heavy atom. The van der Waals surface area contributed by atoms with E-state index in [1.165, 1.54) is 0 Å². The van der Waals surface area contributed by atoms with E-state index in [0.717, 1.165) is 13.0 Å². The second kappa shape index (κ2) is 5.46. The molecule has 0 atom stereocenters. The fraction of sp³-hybridized carbons (Fsp3) is 0.889. The molecule has 0 saturated carbocycles. The van der Waals surface area contributed by atoms with Gasteiger partial charge in [0, 0.05) is 13.0 Å². The van der Waals surface area contributed by atoms with Crippen LogP contribution in [0.4, 0.5) is 0 Å². The van der Waals surface area contributed by atoms with Gasteiger partial charge < -0.3 is 5.32 Å². The van der Waals surface area contributed by atoms with Crippen molar-refractivity contribution >= 4 is 18.5 Å². The Bertz CT molecular complexity index is 140. The van der Waals surface area contributed by atoms with E-state index in [1.54, 1.807) is 0 Å². The standard InChI is InChI=1S/C9H19NOS/c1-9(2,3)5-6-10-8(11)4-7-12/h12H,4-7H2,1-3H3,(H,10,11). The van der Waals surface area contributed by atoms with E-state index in [4.69, 9.17) is 0 Å². The molecule has 1 amide bonds. The van der Waals surface area contributed by atoms with Gasteiger partial charge in [-0.25, -0.2) is 0 Å². The van der Waals surface area contributed by atoms with Crippen LogP contribution in [-0.4, -0.2) is 18.2 Å². The summed E-state index contributed by atoms with van der Waals surface area (Å²) in [7, 11) is 0. The van der Waals surface area contributed by atoms with Crippen molar-refractivity contribution in [3.8, 4) is 0 Å². The van der Waals surface area contributed by atoms with Crippen LogP contribution >= 0.6 is 12.6 Å². The predicted molar refractivity (Wildman–Crippen MR) is 55.6 cm³/mol. The average molecular weight is 189 g/mol. The van der Waals surface area contributed by atoms with E-state index in [1.807, 2.05) is 0 Å². The van der Waals surface area contributed by atoms with Crippen molar-refractivity contribution in [3.63, 3.8) is 0 Å². The Morgan fingerprint density at radius 1 is 1.42 bits per heavy atom.